The van der Waals surface area contributed by atoms with E-state index in [0.717, 1.165) is 42.1 Å². The summed E-state index contributed by atoms with van der Waals surface area (Å²) < 4.78 is 0. The van der Waals surface area contributed by atoms with E-state index < -0.39 is 0 Å². The van der Waals surface area contributed by atoms with Crippen molar-refractivity contribution in [1.82, 2.24) is 25.5 Å². The molecule has 124 valence electrons. The summed E-state index contributed by atoms with van der Waals surface area (Å²) in [6, 6.07) is 5.89. The zero-order valence-electron chi connectivity index (χ0n) is 13.7. The van der Waals surface area contributed by atoms with Gasteiger partial charge in [0.1, 0.15) is 5.82 Å². The molecular weight excluding hydrogens is 290 g/mol. The predicted molar refractivity (Wildman–Crippen MR) is 91.4 cm³/mol. The number of piperidine rings is 1. The Bertz CT molecular complexity index is 660. The van der Waals surface area contributed by atoms with Crippen molar-refractivity contribution in [3.05, 3.63) is 29.6 Å². The van der Waals surface area contributed by atoms with Crippen LogP contribution in [0.4, 0.5) is 4.79 Å². The number of aryl methyl sites for hydroxylation is 1. The second-order valence-electron chi connectivity index (χ2n) is 6.17. The van der Waals surface area contributed by atoms with E-state index in [4.69, 9.17) is 0 Å². The molecule has 0 bridgehead atoms. The van der Waals surface area contributed by atoms with Gasteiger partial charge in [0.15, 0.2) is 0 Å². The summed E-state index contributed by atoms with van der Waals surface area (Å²) in [6.45, 7) is 6.36. The molecule has 0 aliphatic carbocycles. The van der Waals surface area contributed by atoms with E-state index in [-0.39, 0.29) is 6.03 Å². The van der Waals surface area contributed by atoms with Gasteiger partial charge in [-0.1, -0.05) is 18.6 Å². The molecule has 2 aromatic rings. The minimum atomic E-state index is -0.140. The molecule has 0 radical (unpaired) electrons. The van der Waals surface area contributed by atoms with Gasteiger partial charge in [0.05, 0.1) is 17.6 Å². The molecular formula is C17H25N5O. The zero-order valence-corrected chi connectivity index (χ0v) is 13.7. The molecule has 6 heteroatoms. The Morgan fingerprint density at radius 2 is 2.09 bits per heavy atom. The number of nitrogens with zero attached hydrogens (tertiary/aromatic N) is 2. The predicted octanol–water partition coefficient (Wildman–Crippen LogP) is 2.16. The molecule has 2 amide bonds. The quantitative estimate of drug-likeness (QED) is 0.791. The topological polar surface area (TPSA) is 73.1 Å². The first-order chi connectivity index (χ1) is 11.2. The van der Waals surface area contributed by atoms with Crippen LogP contribution >= 0.6 is 0 Å². The summed E-state index contributed by atoms with van der Waals surface area (Å²) in [5, 5.41) is 5.77. The van der Waals surface area contributed by atoms with Crippen LogP contribution in [0, 0.1) is 6.92 Å². The highest BCUT2D eigenvalue weighted by atomic mass is 16.2. The summed E-state index contributed by atoms with van der Waals surface area (Å²) in [5.41, 5.74) is 3.11. The fourth-order valence-electron chi connectivity index (χ4n) is 3.05. The van der Waals surface area contributed by atoms with Gasteiger partial charge < -0.3 is 20.5 Å². The molecule has 1 fully saturated rings. The number of imidazole rings is 1. The van der Waals surface area contributed by atoms with Crippen molar-refractivity contribution in [1.29, 1.82) is 0 Å². The Kier molecular flexibility index (Phi) is 5.12. The highest BCUT2D eigenvalue weighted by Gasteiger charge is 2.10. The molecule has 2 heterocycles. The molecule has 6 nitrogen and oxygen atoms in total. The van der Waals surface area contributed by atoms with E-state index in [1.54, 1.807) is 0 Å². The summed E-state index contributed by atoms with van der Waals surface area (Å²) in [7, 11) is 0. The molecule has 3 rings (SSSR count). The van der Waals surface area contributed by atoms with Gasteiger partial charge in [0.25, 0.3) is 0 Å². The number of carbonyl (C=O) groups is 1. The van der Waals surface area contributed by atoms with Gasteiger partial charge in [-0.3, -0.25) is 0 Å². The standard InChI is InChI=1S/C17H25N5O/c1-13-6-5-7-14-16(13)21-15(20-14)12-19-17(23)18-8-11-22-9-3-2-4-10-22/h5-7H,2-4,8-12H2,1H3,(H,20,21)(H2,18,19,23). The second kappa shape index (κ2) is 7.46. The van der Waals surface area contributed by atoms with Crippen LogP contribution in [0.25, 0.3) is 11.0 Å². The van der Waals surface area contributed by atoms with Crippen molar-refractivity contribution in [3.8, 4) is 0 Å². The number of carbonyl (C=O) groups excluding carboxylic acids is 1. The molecule has 0 saturated carbocycles. The van der Waals surface area contributed by atoms with E-state index in [2.05, 4.69) is 25.5 Å². The minimum Gasteiger partial charge on any atom is -0.340 e. The summed E-state index contributed by atoms with van der Waals surface area (Å²) in [4.78, 5) is 22.0. The van der Waals surface area contributed by atoms with E-state index >= 15 is 0 Å². The third kappa shape index (κ3) is 4.22. The zero-order chi connectivity index (χ0) is 16.1. The molecule has 1 aromatic carbocycles. The lowest BCUT2D eigenvalue weighted by Crippen LogP contribution is -2.41. The van der Waals surface area contributed by atoms with Crippen LogP contribution in [0.1, 0.15) is 30.7 Å². The number of rotatable bonds is 5. The molecule has 0 unspecified atom stereocenters. The Morgan fingerprint density at radius 1 is 1.26 bits per heavy atom. The number of aromatic amines is 1. The number of hydrogen-bond acceptors (Lipinski definition) is 3. The Balaban J connectivity index is 1.42. The maximum absolute atomic E-state index is 11.9. The summed E-state index contributed by atoms with van der Waals surface area (Å²) >= 11 is 0. The van der Waals surface area contributed by atoms with Crippen molar-refractivity contribution < 1.29 is 4.79 Å². The number of benzene rings is 1. The second-order valence-corrected chi connectivity index (χ2v) is 6.17. The number of fused-ring (bicyclic) bond motifs is 1. The first-order valence-electron chi connectivity index (χ1n) is 8.40. The van der Waals surface area contributed by atoms with Crippen LogP contribution < -0.4 is 10.6 Å². The number of likely N-dealkylation sites (tertiary alicyclic amines) is 1. The van der Waals surface area contributed by atoms with E-state index in [0.29, 0.717) is 13.1 Å². The van der Waals surface area contributed by atoms with Gasteiger partial charge in [-0.2, -0.15) is 0 Å². The number of para-hydroxylation sites is 1. The Labute approximate surface area is 136 Å². The fourth-order valence-corrected chi connectivity index (χ4v) is 3.05. The molecule has 3 N–H and O–H groups in total. The number of nitrogens with one attached hydrogen (secondary N) is 3. The largest absolute Gasteiger partial charge is 0.340 e. The smallest absolute Gasteiger partial charge is 0.315 e. The van der Waals surface area contributed by atoms with Gasteiger partial charge in [-0.25, -0.2) is 9.78 Å². The van der Waals surface area contributed by atoms with Crippen LogP contribution in [-0.4, -0.2) is 47.1 Å². The number of H-pyrrole nitrogens is 1. The lowest BCUT2D eigenvalue weighted by atomic mass is 10.1. The normalized spacial score (nSPS) is 15.7. The molecule has 1 aliphatic heterocycles. The van der Waals surface area contributed by atoms with Crippen molar-refractivity contribution in [3.63, 3.8) is 0 Å². The lowest BCUT2D eigenvalue weighted by Gasteiger charge is -2.26. The van der Waals surface area contributed by atoms with Crippen LogP contribution in [-0.2, 0) is 6.54 Å². The molecule has 0 atom stereocenters. The summed E-state index contributed by atoms with van der Waals surface area (Å²) in [6.07, 6.45) is 3.89. The number of hydrogen-bond donors (Lipinski definition) is 3. The third-order valence-electron chi connectivity index (χ3n) is 4.34. The van der Waals surface area contributed by atoms with E-state index in [1.807, 2.05) is 25.1 Å². The monoisotopic (exact) mass is 315 g/mol. The van der Waals surface area contributed by atoms with Crippen molar-refractivity contribution in [2.45, 2.75) is 32.7 Å². The highest BCUT2D eigenvalue weighted by Crippen LogP contribution is 2.15. The maximum Gasteiger partial charge on any atom is 0.315 e. The first-order valence-corrected chi connectivity index (χ1v) is 8.40. The number of urea groups is 1. The third-order valence-corrected chi connectivity index (χ3v) is 4.34. The maximum atomic E-state index is 11.9. The Hall–Kier alpha value is -2.08. The van der Waals surface area contributed by atoms with Gasteiger partial charge in [0, 0.05) is 13.1 Å². The lowest BCUT2D eigenvalue weighted by molar-refractivity contribution is 0.220. The number of amides is 2. The van der Waals surface area contributed by atoms with Crippen LogP contribution in [0.5, 0.6) is 0 Å². The number of aromatic nitrogens is 2. The first kappa shape index (κ1) is 15.8. The fraction of sp³-hybridized carbons (Fsp3) is 0.529. The van der Waals surface area contributed by atoms with Crippen molar-refractivity contribution in [2.24, 2.45) is 0 Å². The molecule has 1 saturated heterocycles. The van der Waals surface area contributed by atoms with Gasteiger partial charge >= 0.3 is 6.03 Å². The van der Waals surface area contributed by atoms with Crippen molar-refractivity contribution in [2.75, 3.05) is 26.2 Å². The Morgan fingerprint density at radius 3 is 2.87 bits per heavy atom. The van der Waals surface area contributed by atoms with E-state index in [9.17, 15) is 4.79 Å². The van der Waals surface area contributed by atoms with E-state index in [1.165, 1.54) is 19.3 Å². The molecule has 1 aliphatic rings. The SMILES string of the molecule is Cc1cccc2[nH]c(CNC(=O)NCCN3CCCCC3)nc12. The molecule has 23 heavy (non-hydrogen) atoms. The van der Waals surface area contributed by atoms with Gasteiger partial charge in [-0.15, -0.1) is 0 Å². The minimum absolute atomic E-state index is 0.140. The molecule has 1 aromatic heterocycles. The highest BCUT2D eigenvalue weighted by molar-refractivity contribution is 5.78. The van der Waals surface area contributed by atoms with Gasteiger partial charge in [0.2, 0.25) is 0 Å². The summed E-state index contributed by atoms with van der Waals surface area (Å²) in [5.74, 6) is 0.778. The molecule has 0 spiro atoms. The van der Waals surface area contributed by atoms with Gasteiger partial charge in [-0.05, 0) is 44.5 Å². The van der Waals surface area contributed by atoms with Crippen LogP contribution in [0.2, 0.25) is 0 Å². The average Bonchev–Trinajstić information content (AvgIpc) is 2.99. The van der Waals surface area contributed by atoms with Crippen molar-refractivity contribution >= 4 is 17.1 Å². The van der Waals surface area contributed by atoms with Crippen LogP contribution in [0.3, 0.4) is 0 Å². The average molecular weight is 315 g/mol. The van der Waals surface area contributed by atoms with Crippen LogP contribution in [0.15, 0.2) is 18.2 Å².